The van der Waals surface area contributed by atoms with Crippen LogP contribution in [0.1, 0.15) is 33.4 Å². The number of aromatic nitrogens is 1. The highest BCUT2D eigenvalue weighted by Gasteiger charge is 2.32. The number of amides is 1. The molecule has 0 saturated heterocycles. The maximum Gasteiger partial charge on any atom is 0.290 e. The van der Waals surface area contributed by atoms with E-state index in [1.165, 1.54) is 5.56 Å². The van der Waals surface area contributed by atoms with Gasteiger partial charge in [-0.15, -0.1) is 0 Å². The molecule has 0 aliphatic heterocycles. The van der Waals surface area contributed by atoms with E-state index in [1.807, 2.05) is 18.2 Å². The summed E-state index contributed by atoms with van der Waals surface area (Å²) in [6.07, 6.45) is 0.913. The fourth-order valence-corrected chi connectivity index (χ4v) is 3.16. The van der Waals surface area contributed by atoms with Gasteiger partial charge >= 0.3 is 0 Å². The quantitative estimate of drug-likeness (QED) is 0.866. The smallest absolute Gasteiger partial charge is 0.290 e. The monoisotopic (exact) mass is 320 g/mol. The van der Waals surface area contributed by atoms with Crippen LogP contribution >= 0.6 is 15.9 Å². The predicted octanol–water partition coefficient (Wildman–Crippen LogP) is 2.77. The normalized spacial score (nSPS) is 21.2. The molecule has 98 valence electrons. The molecule has 2 unspecified atom stereocenters. The third kappa shape index (κ3) is 2.30. The van der Waals surface area contributed by atoms with Gasteiger partial charge in [0.1, 0.15) is 0 Å². The lowest BCUT2D eigenvalue weighted by atomic mass is 10.1. The fourth-order valence-electron chi connectivity index (χ4n) is 2.40. The molecule has 3 rings (SSSR count). The summed E-state index contributed by atoms with van der Waals surface area (Å²) in [5.74, 6) is 0.0216. The summed E-state index contributed by atoms with van der Waals surface area (Å²) < 4.78 is 4.98. The predicted molar refractivity (Wildman–Crippen MR) is 74.3 cm³/mol. The summed E-state index contributed by atoms with van der Waals surface area (Å²) in [4.78, 5) is 12.3. The number of hydrogen-bond acceptors (Lipinski definition) is 3. The summed E-state index contributed by atoms with van der Waals surface area (Å²) in [7, 11) is 0. The molecule has 0 spiro atoms. The first-order valence-electron chi connectivity index (χ1n) is 6.11. The average Bonchev–Trinajstić information content (AvgIpc) is 2.95. The zero-order valence-corrected chi connectivity index (χ0v) is 12.0. The molecule has 1 heterocycles. The summed E-state index contributed by atoms with van der Waals surface area (Å²) in [6, 6.07) is 9.75. The van der Waals surface area contributed by atoms with Gasteiger partial charge in [0.05, 0.1) is 11.7 Å². The van der Waals surface area contributed by atoms with Gasteiger partial charge in [-0.05, 0) is 24.5 Å². The van der Waals surface area contributed by atoms with E-state index in [0.717, 1.165) is 12.0 Å². The molecule has 19 heavy (non-hydrogen) atoms. The number of fused-ring (bicyclic) bond motifs is 1. The number of hydrogen-bond donors (Lipinski definition) is 1. The Hall–Kier alpha value is -1.62. The van der Waals surface area contributed by atoms with Crippen molar-refractivity contribution in [1.29, 1.82) is 0 Å². The van der Waals surface area contributed by atoms with Crippen molar-refractivity contribution in [3.05, 3.63) is 52.9 Å². The van der Waals surface area contributed by atoms with Crippen molar-refractivity contribution in [2.75, 3.05) is 0 Å². The van der Waals surface area contributed by atoms with Gasteiger partial charge < -0.3 is 9.84 Å². The topological polar surface area (TPSA) is 55.1 Å². The van der Waals surface area contributed by atoms with Gasteiger partial charge in [0.15, 0.2) is 0 Å². The van der Waals surface area contributed by atoms with Crippen molar-refractivity contribution in [2.45, 2.75) is 24.2 Å². The summed E-state index contributed by atoms with van der Waals surface area (Å²) in [5, 5.41) is 6.72. The lowest BCUT2D eigenvalue weighted by Gasteiger charge is -2.16. The van der Waals surface area contributed by atoms with Crippen molar-refractivity contribution < 1.29 is 9.32 Å². The van der Waals surface area contributed by atoms with E-state index in [2.05, 4.69) is 32.5 Å². The minimum atomic E-state index is -0.230. The van der Waals surface area contributed by atoms with Crippen LogP contribution in [0.5, 0.6) is 0 Å². The fraction of sp³-hybridized carbons (Fsp3) is 0.286. The zero-order valence-electron chi connectivity index (χ0n) is 10.4. The molecule has 0 saturated carbocycles. The molecule has 0 radical (unpaired) electrons. The van der Waals surface area contributed by atoms with E-state index >= 15 is 0 Å². The largest absolute Gasteiger partial charge is 0.351 e. The molecule has 2 aromatic rings. The Bertz CT molecular complexity index is 623. The number of benzene rings is 1. The van der Waals surface area contributed by atoms with E-state index in [4.69, 9.17) is 4.52 Å². The van der Waals surface area contributed by atoms with Gasteiger partial charge in [-0.2, -0.15) is 0 Å². The molecular weight excluding hydrogens is 308 g/mol. The first-order valence-corrected chi connectivity index (χ1v) is 7.03. The van der Waals surface area contributed by atoms with Crippen molar-refractivity contribution in [3.8, 4) is 0 Å². The van der Waals surface area contributed by atoms with Crippen LogP contribution in [0.4, 0.5) is 0 Å². The number of carbonyl (C=O) groups excluding carboxylic acids is 1. The van der Waals surface area contributed by atoms with E-state index in [9.17, 15) is 4.79 Å². The first kappa shape index (κ1) is 12.4. The second kappa shape index (κ2) is 4.81. The SMILES string of the molecule is Cc1cc(C(=O)NC2c3ccccc3CC2Br)on1. The average molecular weight is 321 g/mol. The molecule has 1 aromatic carbocycles. The van der Waals surface area contributed by atoms with Crippen LogP contribution in [0, 0.1) is 6.92 Å². The molecule has 2 atom stereocenters. The highest BCUT2D eigenvalue weighted by atomic mass is 79.9. The molecule has 4 nitrogen and oxygen atoms in total. The van der Waals surface area contributed by atoms with E-state index in [0.29, 0.717) is 5.69 Å². The van der Waals surface area contributed by atoms with E-state index < -0.39 is 0 Å². The molecule has 1 aliphatic carbocycles. The number of carbonyl (C=O) groups is 1. The van der Waals surface area contributed by atoms with Gasteiger partial charge in [-0.25, -0.2) is 0 Å². The second-order valence-electron chi connectivity index (χ2n) is 4.70. The Balaban J connectivity index is 1.82. The number of nitrogens with zero attached hydrogens (tertiary/aromatic N) is 1. The molecule has 1 amide bonds. The first-order chi connectivity index (χ1) is 9.15. The van der Waals surface area contributed by atoms with Gasteiger partial charge in [0.25, 0.3) is 5.91 Å². The Morgan fingerprint density at radius 1 is 1.47 bits per heavy atom. The highest BCUT2D eigenvalue weighted by molar-refractivity contribution is 9.09. The molecule has 1 aliphatic rings. The van der Waals surface area contributed by atoms with E-state index in [-0.39, 0.29) is 22.5 Å². The minimum Gasteiger partial charge on any atom is -0.351 e. The summed E-state index contributed by atoms with van der Waals surface area (Å²) >= 11 is 3.63. The lowest BCUT2D eigenvalue weighted by molar-refractivity contribution is 0.0900. The molecule has 0 fully saturated rings. The van der Waals surface area contributed by atoms with Crippen LogP contribution in [-0.4, -0.2) is 15.9 Å². The van der Waals surface area contributed by atoms with Crippen LogP contribution in [0.15, 0.2) is 34.9 Å². The van der Waals surface area contributed by atoms with Gasteiger partial charge in [0.2, 0.25) is 5.76 Å². The Labute approximate surface area is 119 Å². The van der Waals surface area contributed by atoms with Crippen LogP contribution in [0.25, 0.3) is 0 Å². The molecular formula is C14H13BrN2O2. The Kier molecular flexibility index (Phi) is 3.14. The Morgan fingerprint density at radius 3 is 3.00 bits per heavy atom. The van der Waals surface area contributed by atoms with Crippen LogP contribution < -0.4 is 5.32 Å². The second-order valence-corrected chi connectivity index (χ2v) is 5.88. The molecule has 1 aromatic heterocycles. The number of rotatable bonds is 2. The molecule has 1 N–H and O–H groups in total. The number of aryl methyl sites for hydroxylation is 1. The number of halogens is 1. The number of alkyl halides is 1. The molecule has 0 bridgehead atoms. The minimum absolute atomic E-state index is 0.0332. The van der Waals surface area contributed by atoms with Crippen molar-refractivity contribution >= 4 is 21.8 Å². The van der Waals surface area contributed by atoms with Crippen molar-refractivity contribution in [1.82, 2.24) is 10.5 Å². The lowest BCUT2D eigenvalue weighted by Crippen LogP contribution is -2.31. The van der Waals surface area contributed by atoms with Crippen LogP contribution in [-0.2, 0) is 6.42 Å². The van der Waals surface area contributed by atoms with Gasteiger partial charge in [-0.3, -0.25) is 4.79 Å². The van der Waals surface area contributed by atoms with Crippen molar-refractivity contribution in [2.24, 2.45) is 0 Å². The molecule has 5 heteroatoms. The van der Waals surface area contributed by atoms with Gasteiger partial charge in [-0.1, -0.05) is 45.4 Å². The third-order valence-corrected chi connectivity index (χ3v) is 4.16. The highest BCUT2D eigenvalue weighted by Crippen LogP contribution is 2.35. The van der Waals surface area contributed by atoms with Gasteiger partial charge in [0, 0.05) is 10.9 Å². The maximum absolute atomic E-state index is 12.1. The third-order valence-electron chi connectivity index (χ3n) is 3.31. The zero-order chi connectivity index (χ0) is 13.4. The maximum atomic E-state index is 12.1. The standard InChI is InChI=1S/C14H13BrN2O2/c1-8-6-12(19-17-8)14(18)16-13-10-5-3-2-4-9(10)7-11(13)15/h2-6,11,13H,7H2,1H3,(H,16,18). The summed E-state index contributed by atoms with van der Waals surface area (Å²) in [5.41, 5.74) is 3.13. The van der Waals surface area contributed by atoms with Crippen LogP contribution in [0.2, 0.25) is 0 Å². The summed E-state index contributed by atoms with van der Waals surface area (Å²) in [6.45, 7) is 1.79. The van der Waals surface area contributed by atoms with E-state index in [1.54, 1.807) is 13.0 Å². The number of nitrogens with one attached hydrogen (secondary N) is 1. The van der Waals surface area contributed by atoms with Crippen LogP contribution in [0.3, 0.4) is 0 Å². The Morgan fingerprint density at radius 2 is 2.26 bits per heavy atom. The van der Waals surface area contributed by atoms with Crippen molar-refractivity contribution in [3.63, 3.8) is 0 Å².